The summed E-state index contributed by atoms with van der Waals surface area (Å²) < 4.78 is 43.9. The molecule has 2 rings (SSSR count). The largest absolute Gasteiger partial charge is 0.465 e. The normalized spacial score (nSPS) is 25.6. The third-order valence-corrected chi connectivity index (χ3v) is 4.11. The summed E-state index contributed by atoms with van der Waals surface area (Å²) in [7, 11) is 0. The molecule has 1 N–H and O–H groups in total. The summed E-state index contributed by atoms with van der Waals surface area (Å²) in [6.45, 7) is 1.40. The number of hydrogen-bond donors (Lipinski definition) is 1. The Bertz CT molecular complexity index is 562. The van der Waals surface area contributed by atoms with Crippen molar-refractivity contribution in [1.82, 2.24) is 0 Å². The first-order chi connectivity index (χ1) is 9.79. The topological polar surface area (TPSA) is 58.9 Å². The Morgan fingerprint density at radius 2 is 2.05 bits per heavy atom. The van der Waals surface area contributed by atoms with Crippen molar-refractivity contribution in [3.63, 3.8) is 0 Å². The van der Waals surface area contributed by atoms with Gasteiger partial charge in [-0.1, -0.05) is 42.1 Å². The third-order valence-electron chi connectivity index (χ3n) is 2.81. The SMILES string of the molecule is CCOC(=O)[C@H]1SC(c2ccccc2)=N[C@]1(O)C(F)(F)F. The average Bonchev–Trinajstić information content (AvgIpc) is 2.79. The first-order valence-corrected chi connectivity index (χ1v) is 6.95. The zero-order valence-corrected chi connectivity index (χ0v) is 11.7. The Morgan fingerprint density at radius 1 is 1.43 bits per heavy atom. The Labute approximate surface area is 123 Å². The number of aliphatic hydroxyl groups is 1. The van der Waals surface area contributed by atoms with Gasteiger partial charge in [0.2, 0.25) is 0 Å². The molecule has 0 spiro atoms. The summed E-state index contributed by atoms with van der Waals surface area (Å²) in [5.74, 6) is -1.14. The van der Waals surface area contributed by atoms with Crippen LogP contribution >= 0.6 is 11.8 Å². The van der Waals surface area contributed by atoms with E-state index in [1.165, 1.54) is 6.92 Å². The maximum atomic E-state index is 13.1. The number of carbonyl (C=O) groups is 1. The van der Waals surface area contributed by atoms with Gasteiger partial charge >= 0.3 is 12.1 Å². The fourth-order valence-corrected chi connectivity index (χ4v) is 2.99. The van der Waals surface area contributed by atoms with Gasteiger partial charge in [0.25, 0.3) is 5.72 Å². The fourth-order valence-electron chi connectivity index (χ4n) is 1.79. The van der Waals surface area contributed by atoms with Crippen LogP contribution in [0.4, 0.5) is 13.2 Å². The highest BCUT2D eigenvalue weighted by atomic mass is 32.2. The number of alkyl halides is 3. The second-order valence-electron chi connectivity index (χ2n) is 4.26. The lowest BCUT2D eigenvalue weighted by molar-refractivity contribution is -0.256. The van der Waals surface area contributed by atoms with E-state index in [2.05, 4.69) is 9.73 Å². The van der Waals surface area contributed by atoms with Crippen LogP contribution in [-0.4, -0.2) is 39.9 Å². The molecular formula is C13H12F3NO3S. The average molecular weight is 319 g/mol. The van der Waals surface area contributed by atoms with Crippen molar-refractivity contribution in [1.29, 1.82) is 0 Å². The quantitative estimate of drug-likeness (QED) is 0.869. The number of esters is 1. The van der Waals surface area contributed by atoms with Gasteiger partial charge in [0.15, 0.2) is 5.25 Å². The molecule has 21 heavy (non-hydrogen) atoms. The van der Waals surface area contributed by atoms with Gasteiger partial charge in [-0.25, -0.2) is 4.99 Å². The number of hydrogen-bond acceptors (Lipinski definition) is 5. The van der Waals surface area contributed by atoms with Crippen LogP contribution in [0.1, 0.15) is 12.5 Å². The second-order valence-corrected chi connectivity index (χ2v) is 5.35. The van der Waals surface area contributed by atoms with E-state index in [9.17, 15) is 23.1 Å². The molecule has 4 nitrogen and oxygen atoms in total. The van der Waals surface area contributed by atoms with Gasteiger partial charge in [-0.2, -0.15) is 13.2 Å². The monoisotopic (exact) mass is 319 g/mol. The predicted octanol–water partition coefficient (Wildman–Crippen LogP) is 2.36. The van der Waals surface area contributed by atoms with Crippen LogP contribution in [0.25, 0.3) is 0 Å². The molecule has 1 aliphatic heterocycles. The lowest BCUT2D eigenvalue weighted by atomic mass is 10.1. The van der Waals surface area contributed by atoms with E-state index in [0.717, 1.165) is 0 Å². The third kappa shape index (κ3) is 2.91. The molecule has 0 fully saturated rings. The van der Waals surface area contributed by atoms with Crippen LogP contribution in [0.2, 0.25) is 0 Å². The van der Waals surface area contributed by atoms with Gasteiger partial charge in [-0.15, -0.1) is 0 Å². The molecule has 8 heteroatoms. The Kier molecular flexibility index (Phi) is 4.29. The van der Waals surface area contributed by atoms with Gasteiger partial charge in [0.1, 0.15) is 5.04 Å². The van der Waals surface area contributed by atoms with E-state index in [-0.39, 0.29) is 11.7 Å². The minimum atomic E-state index is -5.08. The number of nitrogens with zero attached hydrogens (tertiary/aromatic N) is 1. The van der Waals surface area contributed by atoms with Crippen LogP contribution in [0.15, 0.2) is 35.3 Å². The highest BCUT2D eigenvalue weighted by Crippen LogP contribution is 2.46. The fraction of sp³-hybridized carbons (Fsp3) is 0.385. The predicted molar refractivity (Wildman–Crippen MR) is 72.0 cm³/mol. The lowest BCUT2D eigenvalue weighted by Crippen LogP contribution is -2.53. The van der Waals surface area contributed by atoms with Crippen LogP contribution in [0.5, 0.6) is 0 Å². The molecule has 1 heterocycles. The summed E-state index contributed by atoms with van der Waals surface area (Å²) >= 11 is 0.551. The van der Waals surface area contributed by atoms with Crippen molar-refractivity contribution >= 4 is 22.8 Å². The summed E-state index contributed by atoms with van der Waals surface area (Å²) in [4.78, 5) is 15.1. The second kappa shape index (κ2) is 5.69. The molecular weight excluding hydrogens is 307 g/mol. The Balaban J connectivity index is 2.41. The first kappa shape index (κ1) is 15.8. The van der Waals surface area contributed by atoms with E-state index in [1.807, 2.05) is 0 Å². The van der Waals surface area contributed by atoms with Gasteiger partial charge in [-0.05, 0) is 6.92 Å². The van der Waals surface area contributed by atoms with E-state index in [4.69, 9.17) is 0 Å². The smallest absolute Gasteiger partial charge is 0.440 e. The van der Waals surface area contributed by atoms with Gasteiger partial charge in [0, 0.05) is 5.56 Å². The number of aliphatic imine (C=N–C) groups is 1. The highest BCUT2D eigenvalue weighted by Gasteiger charge is 2.65. The van der Waals surface area contributed by atoms with E-state index in [1.54, 1.807) is 30.3 Å². The zero-order chi connectivity index (χ0) is 15.7. The summed E-state index contributed by atoms with van der Waals surface area (Å²) in [6, 6.07) is 8.06. The molecule has 0 amide bonds. The van der Waals surface area contributed by atoms with Crippen molar-refractivity contribution in [2.45, 2.75) is 24.1 Å². The first-order valence-electron chi connectivity index (χ1n) is 6.07. The van der Waals surface area contributed by atoms with E-state index < -0.39 is 23.1 Å². The molecule has 0 unspecified atom stereocenters. The van der Waals surface area contributed by atoms with Crippen molar-refractivity contribution in [2.24, 2.45) is 4.99 Å². The minimum absolute atomic E-state index is 0.0477. The van der Waals surface area contributed by atoms with Crippen molar-refractivity contribution in [2.75, 3.05) is 6.61 Å². The molecule has 0 radical (unpaired) electrons. The number of benzene rings is 1. The van der Waals surface area contributed by atoms with Crippen molar-refractivity contribution < 1.29 is 27.8 Å². The van der Waals surface area contributed by atoms with Crippen molar-refractivity contribution in [3.8, 4) is 0 Å². The molecule has 1 aliphatic rings. The van der Waals surface area contributed by atoms with E-state index >= 15 is 0 Å². The standard InChI is InChI=1S/C13H12F3NO3S/c1-2-20-11(18)9-12(19,13(14,15)16)17-10(21-9)8-6-4-3-5-7-8/h3-7,9,19H,2H2,1H3/t9-,12-/m1/s1. The van der Waals surface area contributed by atoms with Crippen molar-refractivity contribution in [3.05, 3.63) is 35.9 Å². The number of carbonyl (C=O) groups excluding carboxylic acids is 1. The summed E-state index contributed by atoms with van der Waals surface area (Å²) in [6.07, 6.45) is -5.08. The van der Waals surface area contributed by atoms with Gasteiger partial charge in [0.05, 0.1) is 6.61 Å². The number of ether oxygens (including phenoxy) is 1. The lowest BCUT2D eigenvalue weighted by Gasteiger charge is -2.27. The summed E-state index contributed by atoms with van der Waals surface area (Å²) in [5.41, 5.74) is -3.08. The molecule has 1 aromatic carbocycles. The number of thioether (sulfide) groups is 1. The molecule has 114 valence electrons. The molecule has 2 atom stereocenters. The molecule has 0 bridgehead atoms. The number of halogens is 3. The van der Waals surface area contributed by atoms with Gasteiger partial charge < -0.3 is 9.84 Å². The van der Waals surface area contributed by atoms with Crippen LogP contribution < -0.4 is 0 Å². The van der Waals surface area contributed by atoms with Crippen LogP contribution in [-0.2, 0) is 9.53 Å². The number of rotatable bonds is 3. The van der Waals surface area contributed by atoms with Gasteiger partial charge in [-0.3, -0.25) is 4.79 Å². The van der Waals surface area contributed by atoms with E-state index in [0.29, 0.717) is 17.3 Å². The molecule has 1 aromatic rings. The molecule has 0 saturated carbocycles. The molecule has 0 aromatic heterocycles. The molecule has 0 saturated heterocycles. The zero-order valence-electron chi connectivity index (χ0n) is 10.9. The highest BCUT2D eigenvalue weighted by molar-refractivity contribution is 8.15. The summed E-state index contributed by atoms with van der Waals surface area (Å²) in [5, 5.41) is 7.97. The maximum Gasteiger partial charge on any atom is 0.440 e. The Morgan fingerprint density at radius 3 is 2.57 bits per heavy atom. The molecule has 0 aliphatic carbocycles. The van der Waals surface area contributed by atoms with Crippen LogP contribution in [0, 0.1) is 0 Å². The van der Waals surface area contributed by atoms with Crippen LogP contribution in [0.3, 0.4) is 0 Å². The minimum Gasteiger partial charge on any atom is -0.465 e. The maximum absolute atomic E-state index is 13.1. The Hall–Kier alpha value is -1.54.